The summed E-state index contributed by atoms with van der Waals surface area (Å²) in [5, 5.41) is 0. The summed E-state index contributed by atoms with van der Waals surface area (Å²) < 4.78 is 4.71. The first-order chi connectivity index (χ1) is 6.74. The van der Waals surface area contributed by atoms with E-state index in [0.29, 0.717) is 17.3 Å². The van der Waals surface area contributed by atoms with Crippen molar-refractivity contribution in [3.8, 4) is 0 Å². The normalized spacial score (nSPS) is 50.0. The number of hydrogen-bond donors (Lipinski definition) is 0. The number of fused-ring (bicyclic) bond motifs is 3. The second-order valence-corrected chi connectivity index (χ2v) is 4.96. The van der Waals surface area contributed by atoms with Gasteiger partial charge in [0.15, 0.2) is 0 Å². The Labute approximate surface area is 81.1 Å². The molecule has 0 N–H and O–H groups in total. The van der Waals surface area contributed by atoms with Crippen molar-refractivity contribution in [2.75, 3.05) is 0 Å². The summed E-state index contributed by atoms with van der Waals surface area (Å²) in [5.74, 6) is -0.223. The lowest BCUT2D eigenvalue weighted by molar-refractivity contribution is -0.155. The third-order valence-corrected chi connectivity index (χ3v) is 4.59. The minimum absolute atomic E-state index is 0.139. The minimum Gasteiger partial charge on any atom is -0.393 e. The van der Waals surface area contributed by atoms with Gasteiger partial charge in [0, 0.05) is 0 Å². The number of hydrogen-bond acceptors (Lipinski definition) is 3. The highest BCUT2D eigenvalue weighted by Gasteiger charge is 2.72. The fourth-order valence-electron chi connectivity index (χ4n) is 3.88. The third kappa shape index (κ3) is 0.527. The van der Waals surface area contributed by atoms with Gasteiger partial charge in [0.25, 0.3) is 0 Å². The van der Waals surface area contributed by atoms with Crippen LogP contribution in [0.5, 0.6) is 0 Å². The van der Waals surface area contributed by atoms with Crippen molar-refractivity contribution >= 4 is 11.9 Å². The molecule has 1 saturated heterocycles. The largest absolute Gasteiger partial charge is 0.393 e. The summed E-state index contributed by atoms with van der Waals surface area (Å²) in [6.07, 6.45) is 6.64. The summed E-state index contributed by atoms with van der Waals surface area (Å²) >= 11 is 0. The SMILES string of the molecule is O=C1OC(=O)[C@H]2[C@H]1[C@H]1C=C[C@@H]2C12CC2. The predicted octanol–water partition coefficient (Wildman–Crippen LogP) is 0.898. The second kappa shape index (κ2) is 1.81. The molecule has 2 saturated carbocycles. The molecule has 0 aromatic heterocycles. The topological polar surface area (TPSA) is 43.4 Å². The molecule has 3 fully saturated rings. The maximum Gasteiger partial charge on any atom is 0.318 e. The summed E-state index contributed by atoms with van der Waals surface area (Å²) in [6.45, 7) is 0. The molecule has 3 heteroatoms. The van der Waals surface area contributed by atoms with Crippen molar-refractivity contribution in [1.82, 2.24) is 0 Å². The van der Waals surface area contributed by atoms with E-state index in [0.717, 1.165) is 0 Å². The quantitative estimate of drug-likeness (QED) is 0.324. The monoisotopic (exact) mass is 190 g/mol. The molecule has 0 amide bonds. The fourth-order valence-corrected chi connectivity index (χ4v) is 3.88. The Kier molecular flexibility index (Phi) is 0.932. The zero-order valence-electron chi connectivity index (χ0n) is 7.60. The highest BCUT2D eigenvalue weighted by Crippen LogP contribution is 2.73. The van der Waals surface area contributed by atoms with E-state index in [-0.39, 0.29) is 23.8 Å². The molecule has 1 aliphatic heterocycles. The average molecular weight is 190 g/mol. The highest BCUT2D eigenvalue weighted by atomic mass is 16.6. The van der Waals surface area contributed by atoms with Crippen molar-refractivity contribution in [3.63, 3.8) is 0 Å². The van der Waals surface area contributed by atoms with Gasteiger partial charge >= 0.3 is 11.9 Å². The Morgan fingerprint density at radius 1 is 1.07 bits per heavy atom. The molecule has 72 valence electrons. The molecule has 3 aliphatic carbocycles. The van der Waals surface area contributed by atoms with Crippen LogP contribution >= 0.6 is 0 Å². The van der Waals surface area contributed by atoms with Crippen LogP contribution in [0.15, 0.2) is 12.2 Å². The smallest absolute Gasteiger partial charge is 0.318 e. The third-order valence-electron chi connectivity index (χ3n) is 4.59. The summed E-state index contributed by atoms with van der Waals surface area (Å²) in [7, 11) is 0. The number of esters is 2. The molecule has 0 unspecified atom stereocenters. The van der Waals surface area contributed by atoms with Gasteiger partial charge in [-0.3, -0.25) is 9.59 Å². The number of rotatable bonds is 0. The van der Waals surface area contributed by atoms with Crippen LogP contribution in [0, 0.1) is 29.1 Å². The molecule has 1 spiro atoms. The molecule has 0 radical (unpaired) electrons. The van der Waals surface area contributed by atoms with Gasteiger partial charge in [-0.2, -0.15) is 0 Å². The van der Waals surface area contributed by atoms with E-state index in [9.17, 15) is 9.59 Å². The highest BCUT2D eigenvalue weighted by molar-refractivity contribution is 5.98. The van der Waals surface area contributed by atoms with Crippen LogP contribution in [-0.2, 0) is 14.3 Å². The molecule has 0 aromatic rings. The second-order valence-electron chi connectivity index (χ2n) is 4.96. The number of carbonyl (C=O) groups is 2. The lowest BCUT2D eigenvalue weighted by atomic mass is 9.85. The molecule has 4 atom stereocenters. The fraction of sp³-hybridized carbons (Fsp3) is 0.636. The van der Waals surface area contributed by atoms with Crippen LogP contribution in [-0.4, -0.2) is 11.9 Å². The van der Waals surface area contributed by atoms with Crippen LogP contribution in [0.25, 0.3) is 0 Å². The van der Waals surface area contributed by atoms with E-state index in [4.69, 9.17) is 4.74 Å². The Morgan fingerprint density at radius 2 is 1.57 bits per heavy atom. The first-order valence-electron chi connectivity index (χ1n) is 5.18. The van der Waals surface area contributed by atoms with E-state index < -0.39 is 0 Å². The molecule has 4 rings (SSSR count). The molecule has 0 aromatic carbocycles. The van der Waals surface area contributed by atoms with Crippen molar-refractivity contribution in [1.29, 1.82) is 0 Å². The maximum atomic E-state index is 11.5. The zero-order chi connectivity index (χ0) is 9.50. The van der Waals surface area contributed by atoms with Crippen LogP contribution in [0.1, 0.15) is 12.8 Å². The van der Waals surface area contributed by atoms with Crippen molar-refractivity contribution < 1.29 is 14.3 Å². The van der Waals surface area contributed by atoms with Crippen LogP contribution in [0.3, 0.4) is 0 Å². The van der Waals surface area contributed by atoms with E-state index in [2.05, 4.69) is 12.2 Å². The lowest BCUT2D eigenvalue weighted by Gasteiger charge is -2.15. The van der Waals surface area contributed by atoms with Gasteiger partial charge in [-0.15, -0.1) is 0 Å². The number of carbonyl (C=O) groups excluding carboxylic acids is 2. The van der Waals surface area contributed by atoms with Crippen LogP contribution in [0.2, 0.25) is 0 Å². The summed E-state index contributed by atoms with van der Waals surface area (Å²) in [5.41, 5.74) is 0.296. The molecular formula is C11H10O3. The number of allylic oxidation sites excluding steroid dienone is 2. The van der Waals surface area contributed by atoms with Gasteiger partial charge < -0.3 is 4.74 Å². The molecule has 3 nitrogen and oxygen atoms in total. The Morgan fingerprint density at radius 3 is 2.00 bits per heavy atom. The average Bonchev–Trinajstić information content (AvgIpc) is 2.72. The summed E-state index contributed by atoms with van der Waals surface area (Å²) in [6, 6.07) is 0. The van der Waals surface area contributed by atoms with Gasteiger partial charge in [-0.1, -0.05) is 12.2 Å². The van der Waals surface area contributed by atoms with E-state index >= 15 is 0 Å². The minimum atomic E-state index is -0.275. The Hall–Kier alpha value is -1.12. The predicted molar refractivity (Wildman–Crippen MR) is 45.9 cm³/mol. The van der Waals surface area contributed by atoms with Gasteiger partial charge in [0.1, 0.15) is 0 Å². The van der Waals surface area contributed by atoms with Crippen molar-refractivity contribution in [3.05, 3.63) is 12.2 Å². The zero-order valence-corrected chi connectivity index (χ0v) is 7.60. The first kappa shape index (κ1) is 7.21. The maximum absolute atomic E-state index is 11.5. The van der Waals surface area contributed by atoms with Gasteiger partial charge in [0.2, 0.25) is 0 Å². The van der Waals surface area contributed by atoms with E-state index in [1.54, 1.807) is 0 Å². The van der Waals surface area contributed by atoms with Gasteiger partial charge in [-0.25, -0.2) is 0 Å². The summed E-state index contributed by atoms with van der Waals surface area (Å²) in [4.78, 5) is 23.0. The number of cyclic esters (lactones) is 2. The van der Waals surface area contributed by atoms with E-state index in [1.807, 2.05) is 0 Å². The van der Waals surface area contributed by atoms with E-state index in [1.165, 1.54) is 12.8 Å². The van der Waals surface area contributed by atoms with Crippen molar-refractivity contribution in [2.45, 2.75) is 12.8 Å². The van der Waals surface area contributed by atoms with Crippen LogP contribution < -0.4 is 0 Å². The van der Waals surface area contributed by atoms with Gasteiger partial charge in [-0.05, 0) is 30.1 Å². The number of ether oxygens (including phenoxy) is 1. The van der Waals surface area contributed by atoms with Crippen molar-refractivity contribution in [2.24, 2.45) is 29.1 Å². The molecule has 1 heterocycles. The molecule has 2 bridgehead atoms. The Bertz CT molecular complexity index is 359. The molecule has 14 heavy (non-hydrogen) atoms. The molecule has 4 aliphatic rings. The Balaban J connectivity index is 1.89. The lowest BCUT2D eigenvalue weighted by Crippen LogP contribution is -2.21. The standard InChI is InChI=1S/C11H10O3/c12-9-7-5-1-2-6(11(5)3-4-11)8(7)10(13)14-9/h1-2,5-8H,3-4H2/t5-,6+,7-,8-/m1/s1. The van der Waals surface area contributed by atoms with Gasteiger partial charge in [0.05, 0.1) is 11.8 Å². The first-order valence-corrected chi connectivity index (χ1v) is 5.18. The molecular weight excluding hydrogens is 180 g/mol. The van der Waals surface area contributed by atoms with Crippen LogP contribution in [0.4, 0.5) is 0 Å².